The summed E-state index contributed by atoms with van der Waals surface area (Å²) < 4.78 is 0. The first-order chi connectivity index (χ1) is 26.3. The van der Waals surface area contributed by atoms with Gasteiger partial charge in [0, 0.05) is 35.3 Å². The van der Waals surface area contributed by atoms with Crippen LogP contribution in [0.5, 0.6) is 0 Å². The fourth-order valence-corrected chi connectivity index (χ4v) is 9.76. The molecule has 0 bridgehead atoms. The zero-order chi connectivity index (χ0) is 34.9. The van der Waals surface area contributed by atoms with Gasteiger partial charge in [0.25, 0.3) is 0 Å². The van der Waals surface area contributed by atoms with Crippen LogP contribution in [0.15, 0.2) is 170 Å². The van der Waals surface area contributed by atoms with Crippen LogP contribution >= 0.6 is 0 Å². The highest BCUT2D eigenvalue weighted by Crippen LogP contribution is 2.52. The number of anilines is 1. The molecule has 53 heavy (non-hydrogen) atoms. The molecule has 4 aliphatic rings. The summed E-state index contributed by atoms with van der Waals surface area (Å²) >= 11 is 0. The summed E-state index contributed by atoms with van der Waals surface area (Å²) in [6, 6.07) is 43.4. The second kappa shape index (κ2) is 12.2. The topological polar surface area (TPSA) is 16.1 Å². The van der Waals surface area contributed by atoms with Crippen molar-refractivity contribution in [2.75, 3.05) is 4.90 Å². The lowest BCUT2D eigenvalue weighted by Gasteiger charge is -2.32. The molecule has 0 saturated heterocycles. The third-order valence-corrected chi connectivity index (χ3v) is 12.1. The van der Waals surface area contributed by atoms with Crippen LogP contribution in [0.4, 0.5) is 5.69 Å². The van der Waals surface area contributed by atoms with Gasteiger partial charge in [-0.05, 0) is 115 Å². The maximum absolute atomic E-state index is 4.61. The maximum atomic E-state index is 4.61. The van der Waals surface area contributed by atoms with E-state index in [1.807, 2.05) is 6.20 Å². The van der Waals surface area contributed by atoms with E-state index in [2.05, 4.69) is 174 Å². The first-order valence-electron chi connectivity index (χ1n) is 19.0. The van der Waals surface area contributed by atoms with Gasteiger partial charge in [-0.1, -0.05) is 146 Å². The molecule has 2 unspecified atom stereocenters. The molecular formula is C51H38N2. The van der Waals surface area contributed by atoms with E-state index in [4.69, 9.17) is 0 Å². The van der Waals surface area contributed by atoms with Gasteiger partial charge in [-0.15, -0.1) is 0 Å². The van der Waals surface area contributed by atoms with E-state index < -0.39 is 0 Å². The van der Waals surface area contributed by atoms with Crippen molar-refractivity contribution in [3.8, 4) is 11.1 Å². The molecule has 0 amide bonds. The van der Waals surface area contributed by atoms with Crippen LogP contribution in [-0.2, 0) is 6.42 Å². The fraction of sp³-hybridized carbons (Fsp3) is 0.118. The highest BCUT2D eigenvalue weighted by molar-refractivity contribution is 6.22. The Morgan fingerprint density at radius 2 is 1.26 bits per heavy atom. The Bertz CT molecular complexity index is 2750. The number of rotatable bonds is 4. The molecule has 2 heteroatoms. The Morgan fingerprint density at radius 3 is 2.02 bits per heavy atom. The van der Waals surface area contributed by atoms with Crippen molar-refractivity contribution in [1.29, 1.82) is 0 Å². The van der Waals surface area contributed by atoms with E-state index in [1.165, 1.54) is 93.8 Å². The Hall–Kier alpha value is -6.25. The number of hydrogen-bond acceptors (Lipinski definition) is 2. The zero-order valence-corrected chi connectivity index (χ0v) is 29.5. The molecule has 2 atom stereocenters. The molecule has 1 aliphatic heterocycles. The highest BCUT2D eigenvalue weighted by atomic mass is 15.2. The predicted octanol–water partition coefficient (Wildman–Crippen LogP) is 12.9. The zero-order valence-electron chi connectivity index (χ0n) is 29.5. The van der Waals surface area contributed by atoms with Crippen molar-refractivity contribution in [2.45, 2.75) is 37.6 Å². The van der Waals surface area contributed by atoms with Crippen molar-refractivity contribution in [2.24, 2.45) is 0 Å². The minimum absolute atomic E-state index is 0.290. The molecule has 0 spiro atoms. The minimum Gasteiger partial charge on any atom is -0.337 e. The Balaban J connectivity index is 1.08. The molecule has 252 valence electrons. The summed E-state index contributed by atoms with van der Waals surface area (Å²) in [5.41, 5.74) is 14.9. The normalized spacial score (nSPS) is 18.8. The highest BCUT2D eigenvalue weighted by Gasteiger charge is 2.38. The molecule has 0 N–H and O–H groups in total. The number of hydrogen-bond donors (Lipinski definition) is 0. The maximum Gasteiger partial charge on any atom is 0.0557 e. The van der Waals surface area contributed by atoms with E-state index in [-0.39, 0.29) is 5.92 Å². The molecule has 0 radical (unpaired) electrons. The van der Waals surface area contributed by atoms with E-state index in [9.17, 15) is 0 Å². The first kappa shape index (κ1) is 30.4. The van der Waals surface area contributed by atoms with Crippen molar-refractivity contribution in [3.05, 3.63) is 198 Å². The lowest BCUT2D eigenvalue weighted by Crippen LogP contribution is -2.32. The van der Waals surface area contributed by atoms with Gasteiger partial charge in [0.15, 0.2) is 0 Å². The lowest BCUT2D eigenvalue weighted by molar-refractivity contribution is 0.722. The molecule has 0 fully saturated rings. The molecule has 6 aromatic carbocycles. The van der Waals surface area contributed by atoms with Gasteiger partial charge in [0.05, 0.1) is 6.04 Å². The second-order valence-corrected chi connectivity index (χ2v) is 14.9. The van der Waals surface area contributed by atoms with Crippen LogP contribution < -0.4 is 4.90 Å². The minimum atomic E-state index is 0.290. The average Bonchev–Trinajstić information content (AvgIpc) is 3.56. The van der Waals surface area contributed by atoms with Gasteiger partial charge in [-0.25, -0.2) is 0 Å². The molecule has 11 rings (SSSR count). The molecule has 2 nitrogen and oxygen atoms in total. The van der Waals surface area contributed by atoms with Crippen molar-refractivity contribution in [3.63, 3.8) is 0 Å². The van der Waals surface area contributed by atoms with E-state index in [1.54, 1.807) is 0 Å². The van der Waals surface area contributed by atoms with Gasteiger partial charge in [0.2, 0.25) is 0 Å². The number of fused-ring (bicyclic) bond motifs is 7. The average molecular weight is 679 g/mol. The summed E-state index contributed by atoms with van der Waals surface area (Å²) in [4.78, 5) is 7.16. The molecule has 1 aromatic heterocycles. The van der Waals surface area contributed by atoms with Gasteiger partial charge < -0.3 is 4.90 Å². The first-order valence-corrected chi connectivity index (χ1v) is 19.0. The van der Waals surface area contributed by atoms with E-state index in [0.29, 0.717) is 6.04 Å². The third kappa shape index (κ3) is 4.75. The van der Waals surface area contributed by atoms with Crippen molar-refractivity contribution < 1.29 is 0 Å². The summed E-state index contributed by atoms with van der Waals surface area (Å²) in [7, 11) is 0. The molecule has 2 heterocycles. The van der Waals surface area contributed by atoms with Crippen molar-refractivity contribution in [1.82, 2.24) is 4.98 Å². The SMILES string of the molecule is C1=CCC(N2C3=CC=C(c4ccc(-c5c6ccccc6c(C6=Cc7ccccc7CC6)c6ccccc56)c5ccccc45)CC3c3cnccc32)C=C1. The fourth-order valence-electron chi connectivity index (χ4n) is 9.76. The lowest BCUT2D eigenvalue weighted by atomic mass is 9.80. The smallest absolute Gasteiger partial charge is 0.0557 e. The monoisotopic (exact) mass is 678 g/mol. The van der Waals surface area contributed by atoms with Gasteiger partial charge in [0.1, 0.15) is 0 Å². The standard InChI is InChI=1S/C51H38N2/c1-2-14-37(15-3-1)53-48-27-24-35(31-46(48)47-32-52-29-28-49(47)53)38-25-26-45(40-17-7-6-16-39(38)40)51-43-20-10-8-18-41(43)50(42-19-9-11-21-44(42)51)36-23-22-33-12-4-5-13-34(33)30-36/h1-14,16-21,24-30,32,37,46H,15,22-23,31H2. The Morgan fingerprint density at radius 1 is 0.585 bits per heavy atom. The van der Waals surface area contributed by atoms with Crippen molar-refractivity contribution >= 4 is 55.2 Å². The molecule has 0 saturated carbocycles. The van der Waals surface area contributed by atoms with Crippen LogP contribution in [0.3, 0.4) is 0 Å². The quantitative estimate of drug-likeness (QED) is 0.172. The number of pyridine rings is 1. The Kier molecular flexibility index (Phi) is 6.98. The van der Waals surface area contributed by atoms with E-state index in [0.717, 1.165) is 25.7 Å². The van der Waals surface area contributed by atoms with Crippen LogP contribution in [0, 0.1) is 0 Å². The number of aromatic nitrogens is 1. The summed E-state index contributed by atoms with van der Waals surface area (Å²) in [5.74, 6) is 0.290. The van der Waals surface area contributed by atoms with Crippen LogP contribution in [0.1, 0.15) is 53.0 Å². The summed E-state index contributed by atoms with van der Waals surface area (Å²) in [6.45, 7) is 0. The predicted molar refractivity (Wildman–Crippen MR) is 224 cm³/mol. The third-order valence-electron chi connectivity index (χ3n) is 12.1. The van der Waals surface area contributed by atoms with Gasteiger partial charge in [-0.2, -0.15) is 0 Å². The number of benzene rings is 6. The molecular weight excluding hydrogens is 641 g/mol. The number of nitrogens with zero attached hydrogens (tertiary/aromatic N) is 2. The van der Waals surface area contributed by atoms with Gasteiger partial charge in [-0.3, -0.25) is 4.98 Å². The number of aryl methyl sites for hydroxylation is 1. The van der Waals surface area contributed by atoms with Gasteiger partial charge >= 0.3 is 0 Å². The Labute approximate surface area is 310 Å². The van der Waals surface area contributed by atoms with Crippen LogP contribution in [-0.4, -0.2) is 11.0 Å². The second-order valence-electron chi connectivity index (χ2n) is 14.9. The number of allylic oxidation sites excluding steroid dienone is 7. The largest absolute Gasteiger partial charge is 0.337 e. The summed E-state index contributed by atoms with van der Waals surface area (Å²) in [6.07, 6.45) is 24.3. The van der Waals surface area contributed by atoms with Crippen LogP contribution in [0.25, 0.3) is 60.7 Å². The molecule has 3 aliphatic carbocycles. The summed E-state index contributed by atoms with van der Waals surface area (Å²) in [5, 5.41) is 7.88. The van der Waals surface area contributed by atoms with Crippen LogP contribution in [0.2, 0.25) is 0 Å². The molecule has 7 aromatic rings. The van der Waals surface area contributed by atoms with E-state index >= 15 is 0 Å².